The minimum atomic E-state index is -0.360. The summed E-state index contributed by atoms with van der Waals surface area (Å²) < 4.78 is 0. The van der Waals surface area contributed by atoms with E-state index in [1.54, 1.807) is 18.3 Å². The highest BCUT2D eigenvalue weighted by Crippen LogP contribution is 2.17. The number of urea groups is 1. The van der Waals surface area contributed by atoms with E-state index in [-0.39, 0.29) is 6.03 Å². The number of carbonyl (C=O) groups excluding carboxylic acids is 1. The molecule has 0 radical (unpaired) electrons. The number of anilines is 2. The Kier molecular flexibility index (Phi) is 3.55. The van der Waals surface area contributed by atoms with Crippen LogP contribution in [0.15, 0.2) is 24.5 Å². The van der Waals surface area contributed by atoms with Gasteiger partial charge < -0.3 is 5.32 Å². The summed E-state index contributed by atoms with van der Waals surface area (Å²) in [6, 6.07) is 2.86. The van der Waals surface area contributed by atoms with Gasteiger partial charge in [-0.1, -0.05) is 11.6 Å². The molecule has 2 aromatic rings. The van der Waals surface area contributed by atoms with Gasteiger partial charge in [-0.05, 0) is 19.1 Å². The first-order chi connectivity index (χ1) is 8.13. The molecule has 0 aliphatic heterocycles. The Morgan fingerprint density at radius 3 is 2.88 bits per heavy atom. The molecule has 5 nitrogen and oxygen atoms in total. The maximum Gasteiger partial charge on any atom is 0.325 e. The molecule has 2 heterocycles. The molecule has 17 heavy (non-hydrogen) atoms. The van der Waals surface area contributed by atoms with Gasteiger partial charge in [-0.25, -0.2) is 14.8 Å². The first-order valence-corrected chi connectivity index (χ1v) is 5.95. The van der Waals surface area contributed by atoms with Crippen molar-refractivity contribution in [2.75, 3.05) is 10.6 Å². The fourth-order valence-electron chi connectivity index (χ4n) is 1.15. The number of thiazole rings is 1. The highest BCUT2D eigenvalue weighted by molar-refractivity contribution is 7.15. The van der Waals surface area contributed by atoms with Crippen LogP contribution in [0.2, 0.25) is 5.15 Å². The van der Waals surface area contributed by atoms with Crippen LogP contribution >= 0.6 is 22.9 Å². The number of hydrogen-bond donors (Lipinski definition) is 2. The summed E-state index contributed by atoms with van der Waals surface area (Å²) in [6.45, 7) is 1.92. The van der Waals surface area contributed by atoms with E-state index >= 15 is 0 Å². The van der Waals surface area contributed by atoms with Crippen molar-refractivity contribution in [2.24, 2.45) is 0 Å². The van der Waals surface area contributed by atoms with E-state index in [1.165, 1.54) is 17.5 Å². The molecule has 2 N–H and O–H groups in total. The molecule has 0 saturated carbocycles. The maximum absolute atomic E-state index is 11.6. The van der Waals surface area contributed by atoms with Crippen LogP contribution in [-0.2, 0) is 0 Å². The number of carbonyl (C=O) groups is 1. The quantitative estimate of drug-likeness (QED) is 0.822. The number of nitrogens with zero attached hydrogens (tertiary/aromatic N) is 2. The average Bonchev–Trinajstić information content (AvgIpc) is 2.63. The van der Waals surface area contributed by atoms with Gasteiger partial charge >= 0.3 is 6.03 Å². The van der Waals surface area contributed by atoms with Gasteiger partial charge in [-0.3, -0.25) is 5.32 Å². The van der Waals surface area contributed by atoms with Crippen molar-refractivity contribution in [2.45, 2.75) is 6.92 Å². The molecule has 88 valence electrons. The van der Waals surface area contributed by atoms with Gasteiger partial charge in [-0.15, -0.1) is 11.3 Å². The maximum atomic E-state index is 11.6. The van der Waals surface area contributed by atoms with Crippen molar-refractivity contribution < 1.29 is 4.79 Å². The lowest BCUT2D eigenvalue weighted by Gasteiger charge is -2.04. The minimum Gasteiger partial charge on any atom is -0.307 e. The summed E-state index contributed by atoms with van der Waals surface area (Å²) in [7, 11) is 0. The summed E-state index contributed by atoms with van der Waals surface area (Å²) in [5.41, 5.74) is 0.579. The summed E-state index contributed by atoms with van der Waals surface area (Å²) in [5, 5.41) is 6.14. The van der Waals surface area contributed by atoms with Crippen molar-refractivity contribution in [3.63, 3.8) is 0 Å². The van der Waals surface area contributed by atoms with Crippen LogP contribution in [0.3, 0.4) is 0 Å². The number of rotatable bonds is 2. The van der Waals surface area contributed by atoms with Crippen LogP contribution in [0, 0.1) is 6.92 Å². The minimum absolute atomic E-state index is 0.327. The van der Waals surface area contributed by atoms with Crippen molar-refractivity contribution in [3.05, 3.63) is 34.6 Å². The number of amides is 2. The van der Waals surface area contributed by atoms with Crippen LogP contribution in [0.5, 0.6) is 0 Å². The van der Waals surface area contributed by atoms with Crippen LogP contribution < -0.4 is 10.6 Å². The highest BCUT2D eigenvalue weighted by Gasteiger charge is 2.05. The Labute approximate surface area is 107 Å². The van der Waals surface area contributed by atoms with Crippen molar-refractivity contribution in [1.29, 1.82) is 0 Å². The van der Waals surface area contributed by atoms with Gasteiger partial charge in [-0.2, -0.15) is 0 Å². The molecule has 2 amide bonds. The molecule has 0 fully saturated rings. The van der Waals surface area contributed by atoms with Gasteiger partial charge in [0.2, 0.25) is 0 Å². The molecule has 0 atom stereocenters. The Bertz CT molecular complexity index is 543. The molecular formula is C10H9ClN4OS. The summed E-state index contributed by atoms with van der Waals surface area (Å²) in [6.07, 6.45) is 3.22. The highest BCUT2D eigenvalue weighted by atomic mass is 35.5. The second kappa shape index (κ2) is 5.11. The molecule has 0 aliphatic rings. The number of aryl methyl sites for hydroxylation is 1. The Morgan fingerprint density at radius 2 is 2.24 bits per heavy atom. The second-order valence-electron chi connectivity index (χ2n) is 3.22. The number of nitrogens with one attached hydrogen (secondary N) is 2. The smallest absolute Gasteiger partial charge is 0.307 e. The van der Waals surface area contributed by atoms with E-state index in [1.807, 2.05) is 6.92 Å². The monoisotopic (exact) mass is 268 g/mol. The molecule has 2 rings (SSSR count). The molecule has 0 aromatic carbocycles. The molecule has 0 aliphatic carbocycles. The first kappa shape index (κ1) is 11.8. The number of hydrogen-bond acceptors (Lipinski definition) is 4. The standard InChI is InChI=1S/C10H9ClN4OS/c1-6-5-13-10(17-6)15-9(16)14-7-2-3-12-8(11)4-7/h2-5H,1H3,(H2,12,13,14,15,16). The van der Waals surface area contributed by atoms with E-state index in [0.717, 1.165) is 4.88 Å². The zero-order chi connectivity index (χ0) is 12.3. The Balaban J connectivity index is 1.98. The molecule has 0 bridgehead atoms. The van der Waals surface area contributed by atoms with Gasteiger partial charge in [0.05, 0.1) is 0 Å². The van der Waals surface area contributed by atoms with Gasteiger partial charge in [0, 0.05) is 23.0 Å². The lowest BCUT2D eigenvalue weighted by atomic mass is 10.4. The third-order valence-corrected chi connectivity index (χ3v) is 2.86. The molecule has 2 aromatic heterocycles. The number of aromatic nitrogens is 2. The number of pyridine rings is 1. The summed E-state index contributed by atoms with van der Waals surface area (Å²) in [4.78, 5) is 20.5. The fourth-order valence-corrected chi connectivity index (χ4v) is 1.99. The predicted octanol–water partition coefficient (Wildman–Crippen LogP) is 3.14. The molecule has 0 spiro atoms. The van der Waals surface area contributed by atoms with Gasteiger partial charge in [0.1, 0.15) is 5.15 Å². The topological polar surface area (TPSA) is 66.9 Å². The first-order valence-electron chi connectivity index (χ1n) is 4.75. The van der Waals surface area contributed by atoms with E-state index in [0.29, 0.717) is 16.0 Å². The Hall–Kier alpha value is -1.66. The summed E-state index contributed by atoms with van der Waals surface area (Å²) >= 11 is 7.11. The van der Waals surface area contributed by atoms with E-state index in [9.17, 15) is 4.79 Å². The lowest BCUT2D eigenvalue weighted by Crippen LogP contribution is -2.19. The summed E-state index contributed by atoms with van der Waals surface area (Å²) in [5.74, 6) is 0. The van der Waals surface area contributed by atoms with Crippen molar-refractivity contribution >= 4 is 39.8 Å². The molecule has 0 unspecified atom stereocenters. The Morgan fingerprint density at radius 1 is 1.41 bits per heavy atom. The van der Waals surface area contributed by atoms with E-state index in [2.05, 4.69) is 20.6 Å². The van der Waals surface area contributed by atoms with Crippen LogP contribution in [0.1, 0.15) is 4.88 Å². The fraction of sp³-hybridized carbons (Fsp3) is 0.100. The normalized spacial score (nSPS) is 10.0. The molecule has 0 saturated heterocycles. The van der Waals surface area contributed by atoms with E-state index in [4.69, 9.17) is 11.6 Å². The van der Waals surface area contributed by atoms with Crippen molar-refractivity contribution in [3.8, 4) is 0 Å². The zero-order valence-electron chi connectivity index (χ0n) is 8.90. The number of halogens is 1. The van der Waals surface area contributed by atoms with Crippen LogP contribution in [0.25, 0.3) is 0 Å². The SMILES string of the molecule is Cc1cnc(NC(=O)Nc2ccnc(Cl)c2)s1. The van der Waals surface area contributed by atoms with Gasteiger partial charge in [0.25, 0.3) is 0 Å². The van der Waals surface area contributed by atoms with Gasteiger partial charge in [0.15, 0.2) is 5.13 Å². The predicted molar refractivity (Wildman–Crippen MR) is 68.7 cm³/mol. The third kappa shape index (κ3) is 3.40. The van der Waals surface area contributed by atoms with Crippen LogP contribution in [0.4, 0.5) is 15.6 Å². The zero-order valence-corrected chi connectivity index (χ0v) is 10.5. The second-order valence-corrected chi connectivity index (χ2v) is 4.84. The largest absolute Gasteiger partial charge is 0.325 e. The molecule has 7 heteroatoms. The molecular weight excluding hydrogens is 260 g/mol. The van der Waals surface area contributed by atoms with E-state index < -0.39 is 0 Å². The van der Waals surface area contributed by atoms with Crippen molar-refractivity contribution in [1.82, 2.24) is 9.97 Å². The lowest BCUT2D eigenvalue weighted by molar-refractivity contribution is 0.262. The average molecular weight is 269 g/mol. The third-order valence-electron chi connectivity index (χ3n) is 1.83. The van der Waals surface area contributed by atoms with Crippen LogP contribution in [-0.4, -0.2) is 16.0 Å².